The summed E-state index contributed by atoms with van der Waals surface area (Å²) in [6.45, 7) is 2.04. The van der Waals surface area contributed by atoms with Crippen molar-refractivity contribution in [2.24, 2.45) is 0 Å². The molecule has 3 aliphatic carbocycles. The normalized spacial score (nSPS) is 34.8. The van der Waals surface area contributed by atoms with Crippen molar-refractivity contribution >= 4 is 0 Å². The SMILES string of the molecule is CC12c3ccccc3C(c3ccccc31)[C@@H](O)[C@H]2O. The van der Waals surface area contributed by atoms with Gasteiger partial charge >= 0.3 is 0 Å². The lowest BCUT2D eigenvalue weighted by atomic mass is 9.53. The number of aliphatic hydroxyl groups is 2. The van der Waals surface area contributed by atoms with Gasteiger partial charge in [-0.25, -0.2) is 0 Å². The van der Waals surface area contributed by atoms with Gasteiger partial charge in [-0.15, -0.1) is 0 Å². The number of benzene rings is 2. The lowest BCUT2D eigenvalue weighted by Gasteiger charge is -2.53. The molecule has 0 aliphatic heterocycles. The van der Waals surface area contributed by atoms with Gasteiger partial charge in [-0.3, -0.25) is 0 Å². The zero-order valence-electron chi connectivity index (χ0n) is 10.7. The molecule has 5 rings (SSSR count). The van der Waals surface area contributed by atoms with Crippen LogP contribution in [0.4, 0.5) is 0 Å². The maximum Gasteiger partial charge on any atom is 0.0942 e. The second kappa shape index (κ2) is 3.47. The molecule has 0 heterocycles. The molecule has 2 aromatic rings. The van der Waals surface area contributed by atoms with Crippen LogP contribution in [0.25, 0.3) is 0 Å². The quantitative estimate of drug-likeness (QED) is 0.754. The second-order valence-corrected chi connectivity index (χ2v) is 5.79. The first kappa shape index (κ1) is 11.2. The van der Waals surface area contributed by atoms with Gasteiger partial charge in [0.1, 0.15) is 0 Å². The van der Waals surface area contributed by atoms with Gasteiger partial charge in [-0.1, -0.05) is 48.5 Å². The lowest BCUT2D eigenvalue weighted by Crippen LogP contribution is -2.56. The number of hydrogen-bond acceptors (Lipinski definition) is 2. The van der Waals surface area contributed by atoms with Crippen LogP contribution >= 0.6 is 0 Å². The largest absolute Gasteiger partial charge is 0.389 e. The van der Waals surface area contributed by atoms with E-state index in [0.29, 0.717) is 0 Å². The van der Waals surface area contributed by atoms with Gasteiger partial charge in [0.05, 0.1) is 12.2 Å². The van der Waals surface area contributed by atoms with Crippen LogP contribution in [0.1, 0.15) is 35.1 Å². The first-order chi connectivity index (χ1) is 9.15. The van der Waals surface area contributed by atoms with Crippen LogP contribution in [0.15, 0.2) is 48.5 Å². The summed E-state index contributed by atoms with van der Waals surface area (Å²) in [7, 11) is 0. The Labute approximate surface area is 112 Å². The topological polar surface area (TPSA) is 40.5 Å². The molecule has 3 aliphatic rings. The summed E-state index contributed by atoms with van der Waals surface area (Å²) in [6, 6.07) is 16.3. The third-order valence-corrected chi connectivity index (χ3v) is 4.97. The van der Waals surface area contributed by atoms with Crippen molar-refractivity contribution < 1.29 is 10.2 Å². The molecule has 0 spiro atoms. The molecule has 2 bridgehead atoms. The number of fused-ring (bicyclic) bond motifs is 1. The summed E-state index contributed by atoms with van der Waals surface area (Å²) < 4.78 is 0. The molecule has 96 valence electrons. The first-order valence-electron chi connectivity index (χ1n) is 6.70. The molecule has 19 heavy (non-hydrogen) atoms. The average molecular weight is 252 g/mol. The Bertz CT molecular complexity index is 614. The molecule has 2 atom stereocenters. The summed E-state index contributed by atoms with van der Waals surface area (Å²) in [4.78, 5) is 0. The Kier molecular flexibility index (Phi) is 2.05. The van der Waals surface area contributed by atoms with Crippen molar-refractivity contribution in [1.82, 2.24) is 0 Å². The molecule has 2 heteroatoms. The molecule has 2 nitrogen and oxygen atoms in total. The van der Waals surface area contributed by atoms with Crippen LogP contribution in [0.2, 0.25) is 0 Å². The Morgan fingerprint density at radius 1 is 0.842 bits per heavy atom. The lowest BCUT2D eigenvalue weighted by molar-refractivity contribution is -0.0427. The summed E-state index contributed by atoms with van der Waals surface area (Å²) in [6.07, 6.45) is -1.47. The third-order valence-electron chi connectivity index (χ3n) is 4.97. The minimum absolute atomic E-state index is 0.107. The first-order valence-corrected chi connectivity index (χ1v) is 6.70. The molecule has 0 saturated heterocycles. The fraction of sp³-hybridized carbons (Fsp3) is 0.294. The van der Waals surface area contributed by atoms with Gasteiger partial charge in [0.2, 0.25) is 0 Å². The zero-order chi connectivity index (χ0) is 13.2. The molecule has 0 fully saturated rings. The van der Waals surface area contributed by atoms with Gasteiger partial charge in [-0.05, 0) is 29.2 Å². The van der Waals surface area contributed by atoms with Gasteiger partial charge in [0, 0.05) is 11.3 Å². The van der Waals surface area contributed by atoms with E-state index < -0.39 is 17.6 Å². The van der Waals surface area contributed by atoms with Crippen molar-refractivity contribution in [3.05, 3.63) is 70.8 Å². The van der Waals surface area contributed by atoms with Crippen molar-refractivity contribution in [3.63, 3.8) is 0 Å². The highest BCUT2D eigenvalue weighted by molar-refractivity contribution is 5.61. The molecule has 0 aromatic heterocycles. The van der Waals surface area contributed by atoms with E-state index in [0.717, 1.165) is 22.3 Å². The fourth-order valence-corrected chi connectivity index (χ4v) is 4.01. The van der Waals surface area contributed by atoms with E-state index in [2.05, 4.69) is 24.3 Å². The molecule has 0 amide bonds. The molecule has 2 N–H and O–H groups in total. The Morgan fingerprint density at radius 2 is 1.32 bits per heavy atom. The van der Waals surface area contributed by atoms with Crippen LogP contribution in [0.5, 0.6) is 0 Å². The smallest absolute Gasteiger partial charge is 0.0942 e. The Hall–Kier alpha value is -1.64. The van der Waals surface area contributed by atoms with Gasteiger partial charge in [-0.2, -0.15) is 0 Å². The monoisotopic (exact) mass is 252 g/mol. The van der Waals surface area contributed by atoms with Crippen molar-refractivity contribution in [1.29, 1.82) is 0 Å². The van der Waals surface area contributed by atoms with Gasteiger partial charge in [0.25, 0.3) is 0 Å². The Morgan fingerprint density at radius 3 is 1.84 bits per heavy atom. The third kappa shape index (κ3) is 1.14. The van der Waals surface area contributed by atoms with Crippen LogP contribution in [0, 0.1) is 0 Å². The summed E-state index contributed by atoms with van der Waals surface area (Å²) in [5.41, 5.74) is 4.09. The van der Waals surface area contributed by atoms with Crippen LogP contribution in [-0.4, -0.2) is 22.4 Å². The summed E-state index contributed by atoms with van der Waals surface area (Å²) in [5, 5.41) is 21.0. The van der Waals surface area contributed by atoms with E-state index in [4.69, 9.17) is 0 Å². The van der Waals surface area contributed by atoms with Crippen LogP contribution in [0.3, 0.4) is 0 Å². The van der Waals surface area contributed by atoms with E-state index in [1.165, 1.54) is 0 Å². The summed E-state index contributed by atoms with van der Waals surface area (Å²) in [5.74, 6) is -0.107. The molecular formula is C17H16O2. The van der Waals surface area contributed by atoms with E-state index in [-0.39, 0.29) is 5.92 Å². The minimum atomic E-state index is -0.748. The van der Waals surface area contributed by atoms with Gasteiger partial charge < -0.3 is 10.2 Å². The van der Waals surface area contributed by atoms with Crippen molar-refractivity contribution in [3.8, 4) is 0 Å². The van der Waals surface area contributed by atoms with Crippen LogP contribution in [-0.2, 0) is 5.41 Å². The van der Waals surface area contributed by atoms with Crippen LogP contribution < -0.4 is 0 Å². The standard InChI is InChI=1S/C17H16O2/c1-17-12-8-4-2-6-10(12)14(15(18)16(17)19)11-7-3-5-9-13(11)17/h2-9,14-16,18-19H,1H3/t14?,15-,16-,17?/m1/s1. The fourth-order valence-electron chi connectivity index (χ4n) is 4.01. The maximum absolute atomic E-state index is 10.6. The predicted molar refractivity (Wildman–Crippen MR) is 73.2 cm³/mol. The van der Waals surface area contributed by atoms with Crippen molar-refractivity contribution in [2.75, 3.05) is 0 Å². The zero-order valence-corrected chi connectivity index (χ0v) is 10.7. The molecule has 0 saturated carbocycles. The van der Waals surface area contributed by atoms with E-state index in [1.807, 2.05) is 31.2 Å². The highest BCUT2D eigenvalue weighted by atomic mass is 16.3. The molecular weight excluding hydrogens is 236 g/mol. The highest BCUT2D eigenvalue weighted by Crippen LogP contribution is 2.55. The minimum Gasteiger partial charge on any atom is -0.389 e. The van der Waals surface area contributed by atoms with E-state index >= 15 is 0 Å². The average Bonchev–Trinajstić information content (AvgIpc) is 2.45. The summed E-state index contributed by atoms with van der Waals surface area (Å²) >= 11 is 0. The predicted octanol–water partition coefficient (Wildman–Crippen LogP) is 2.17. The highest BCUT2D eigenvalue weighted by Gasteiger charge is 2.55. The van der Waals surface area contributed by atoms with Gasteiger partial charge in [0.15, 0.2) is 0 Å². The molecule has 0 unspecified atom stereocenters. The number of hydrogen-bond donors (Lipinski definition) is 2. The molecule has 0 radical (unpaired) electrons. The number of rotatable bonds is 0. The number of aliphatic hydroxyl groups excluding tert-OH is 2. The van der Waals surface area contributed by atoms with E-state index in [9.17, 15) is 10.2 Å². The van der Waals surface area contributed by atoms with Crippen molar-refractivity contribution in [2.45, 2.75) is 30.5 Å². The van der Waals surface area contributed by atoms with E-state index in [1.54, 1.807) is 0 Å². The molecule has 2 aromatic carbocycles. The Balaban J connectivity index is 2.13. The maximum atomic E-state index is 10.6. The second-order valence-electron chi connectivity index (χ2n) is 5.79.